The molecule has 2 heterocycles. The van der Waals surface area contributed by atoms with Gasteiger partial charge in [0.1, 0.15) is 0 Å². The molecular weight excluding hydrogens is 379 g/mol. The number of halogens is 2. The highest BCUT2D eigenvalue weighted by Crippen LogP contribution is 2.25. The molecule has 1 aromatic carbocycles. The Bertz CT molecular complexity index is 804. The molecule has 1 fully saturated rings. The van der Waals surface area contributed by atoms with Crippen molar-refractivity contribution in [3.63, 3.8) is 0 Å². The number of rotatable bonds is 5. The van der Waals surface area contributed by atoms with E-state index in [2.05, 4.69) is 26.3 Å². The number of piperidine rings is 1. The third kappa shape index (κ3) is 4.72. The van der Waals surface area contributed by atoms with Gasteiger partial charge in [-0.1, -0.05) is 28.4 Å². The minimum absolute atomic E-state index is 0.178. The molecule has 1 aliphatic rings. The van der Waals surface area contributed by atoms with E-state index in [9.17, 15) is 9.59 Å². The van der Waals surface area contributed by atoms with E-state index >= 15 is 0 Å². The second-order valence-electron chi connectivity index (χ2n) is 5.92. The lowest BCUT2D eigenvalue weighted by atomic mass is 10.1. The van der Waals surface area contributed by atoms with Crippen LogP contribution in [0.25, 0.3) is 0 Å². The number of benzene rings is 1. The fraction of sp³-hybridized carbons (Fsp3) is 0.375. The van der Waals surface area contributed by atoms with Crippen LogP contribution < -0.4 is 16.0 Å². The summed E-state index contributed by atoms with van der Waals surface area (Å²) >= 11 is 11.9. The molecular formula is C16H18Cl2N6O2. The Balaban J connectivity index is 1.52. The summed E-state index contributed by atoms with van der Waals surface area (Å²) in [6.07, 6.45) is 3.48. The Kier molecular flexibility index (Phi) is 6.08. The Hall–Kier alpha value is -2.16. The van der Waals surface area contributed by atoms with Crippen LogP contribution in [0.3, 0.4) is 0 Å². The van der Waals surface area contributed by atoms with Crippen molar-refractivity contribution in [2.24, 2.45) is 0 Å². The summed E-state index contributed by atoms with van der Waals surface area (Å²) in [4.78, 5) is 24.1. The van der Waals surface area contributed by atoms with Gasteiger partial charge in [0.05, 0.1) is 29.5 Å². The lowest BCUT2D eigenvalue weighted by molar-refractivity contribution is -0.115. The summed E-state index contributed by atoms with van der Waals surface area (Å²) in [5, 5.41) is 17.1. The Morgan fingerprint density at radius 3 is 2.81 bits per heavy atom. The topological polar surface area (TPSA) is 101 Å². The van der Waals surface area contributed by atoms with E-state index in [1.165, 1.54) is 6.07 Å². The average Bonchev–Trinajstić information content (AvgIpc) is 3.14. The molecule has 0 bridgehead atoms. The number of nitrogens with zero attached hydrogens (tertiary/aromatic N) is 3. The number of hydrogen-bond acceptors (Lipinski definition) is 5. The van der Waals surface area contributed by atoms with Gasteiger partial charge in [-0.3, -0.25) is 9.59 Å². The quantitative estimate of drug-likeness (QED) is 0.715. The van der Waals surface area contributed by atoms with Crippen LogP contribution >= 0.6 is 23.2 Å². The molecule has 0 atom stereocenters. The van der Waals surface area contributed by atoms with Gasteiger partial charge in [0.2, 0.25) is 5.91 Å². The van der Waals surface area contributed by atoms with Gasteiger partial charge >= 0.3 is 0 Å². The predicted octanol–water partition coefficient (Wildman–Crippen LogP) is 1.88. The summed E-state index contributed by atoms with van der Waals surface area (Å²) in [7, 11) is 0. The predicted molar refractivity (Wildman–Crippen MR) is 98.6 cm³/mol. The molecule has 0 saturated carbocycles. The van der Waals surface area contributed by atoms with E-state index < -0.39 is 11.8 Å². The molecule has 2 amide bonds. The molecule has 26 heavy (non-hydrogen) atoms. The number of anilines is 1. The van der Waals surface area contributed by atoms with Crippen LogP contribution in [0.5, 0.6) is 0 Å². The first-order valence-corrected chi connectivity index (χ1v) is 8.94. The Morgan fingerprint density at radius 1 is 1.27 bits per heavy atom. The van der Waals surface area contributed by atoms with Gasteiger partial charge in [-0.15, -0.1) is 5.10 Å². The van der Waals surface area contributed by atoms with Crippen LogP contribution in [0.2, 0.25) is 10.0 Å². The summed E-state index contributed by atoms with van der Waals surface area (Å²) in [6.45, 7) is 1.61. The highest BCUT2D eigenvalue weighted by atomic mass is 35.5. The molecule has 0 spiro atoms. The van der Waals surface area contributed by atoms with Crippen molar-refractivity contribution in [3.8, 4) is 0 Å². The Labute approximate surface area is 160 Å². The van der Waals surface area contributed by atoms with Crippen molar-refractivity contribution < 1.29 is 9.59 Å². The van der Waals surface area contributed by atoms with E-state index in [-0.39, 0.29) is 18.3 Å². The smallest absolute Gasteiger partial charge is 0.273 e. The largest absolute Gasteiger partial charge is 0.342 e. The molecule has 3 rings (SSSR count). The van der Waals surface area contributed by atoms with E-state index in [0.29, 0.717) is 15.7 Å². The molecule has 1 aliphatic heterocycles. The van der Waals surface area contributed by atoms with Gasteiger partial charge < -0.3 is 16.0 Å². The number of nitrogens with one attached hydrogen (secondary N) is 3. The minimum atomic E-state index is -0.461. The lowest BCUT2D eigenvalue weighted by Gasteiger charge is -2.22. The normalized spacial score (nSPS) is 14.8. The maximum absolute atomic E-state index is 12.2. The molecule has 1 saturated heterocycles. The van der Waals surface area contributed by atoms with Crippen LogP contribution in [0, 0.1) is 0 Å². The molecule has 8 nitrogen and oxygen atoms in total. The fourth-order valence-electron chi connectivity index (χ4n) is 2.67. The van der Waals surface area contributed by atoms with Gasteiger partial charge in [0.25, 0.3) is 5.91 Å². The summed E-state index contributed by atoms with van der Waals surface area (Å²) < 4.78 is 1.71. The summed E-state index contributed by atoms with van der Waals surface area (Å²) in [6, 6.07) is 4.97. The zero-order valence-corrected chi connectivity index (χ0v) is 15.3. The van der Waals surface area contributed by atoms with Crippen molar-refractivity contribution in [1.29, 1.82) is 0 Å². The van der Waals surface area contributed by atoms with Crippen LogP contribution in [-0.2, 0) is 4.79 Å². The van der Waals surface area contributed by atoms with E-state index in [0.717, 1.165) is 25.9 Å². The van der Waals surface area contributed by atoms with Crippen LogP contribution in [-0.4, -0.2) is 46.4 Å². The van der Waals surface area contributed by atoms with Crippen LogP contribution in [0.1, 0.15) is 29.4 Å². The summed E-state index contributed by atoms with van der Waals surface area (Å²) in [5.41, 5.74) is 0.562. The van der Waals surface area contributed by atoms with Crippen molar-refractivity contribution in [3.05, 3.63) is 40.1 Å². The zero-order valence-electron chi connectivity index (χ0n) is 13.8. The van der Waals surface area contributed by atoms with Gasteiger partial charge in [-0.05, 0) is 44.1 Å². The molecule has 138 valence electrons. The molecule has 0 unspecified atom stereocenters. The fourth-order valence-corrected chi connectivity index (χ4v) is 3.01. The van der Waals surface area contributed by atoms with E-state index in [1.54, 1.807) is 23.0 Å². The molecule has 10 heteroatoms. The van der Waals surface area contributed by atoms with Gasteiger partial charge in [0.15, 0.2) is 5.69 Å². The highest BCUT2D eigenvalue weighted by Gasteiger charge is 2.19. The monoisotopic (exact) mass is 396 g/mol. The number of hydrogen-bond donors (Lipinski definition) is 3. The maximum Gasteiger partial charge on any atom is 0.273 e. The standard InChI is InChI=1S/C16H18Cl2N6O2/c17-10-1-2-12(18)13(7-10)21-15(25)8-20-16(26)14-9-24(23-22-14)11-3-5-19-6-4-11/h1-2,7,9,11,19H,3-6,8H2,(H,20,26)(H,21,25). The zero-order chi connectivity index (χ0) is 18.5. The van der Waals surface area contributed by atoms with Gasteiger partial charge in [-0.25, -0.2) is 4.68 Å². The van der Waals surface area contributed by atoms with Crippen molar-refractivity contribution in [1.82, 2.24) is 25.6 Å². The average molecular weight is 397 g/mol. The SMILES string of the molecule is O=C(CNC(=O)c1cn(C2CCNCC2)nn1)Nc1cc(Cl)ccc1Cl. The molecule has 0 aliphatic carbocycles. The van der Waals surface area contributed by atoms with E-state index in [1.807, 2.05) is 0 Å². The van der Waals surface area contributed by atoms with Crippen molar-refractivity contribution >= 4 is 40.7 Å². The van der Waals surface area contributed by atoms with E-state index in [4.69, 9.17) is 23.2 Å². The van der Waals surface area contributed by atoms with Crippen LogP contribution in [0.15, 0.2) is 24.4 Å². The maximum atomic E-state index is 12.2. The third-order valence-electron chi connectivity index (χ3n) is 4.04. The second-order valence-corrected chi connectivity index (χ2v) is 6.76. The van der Waals surface area contributed by atoms with Crippen molar-refractivity contribution in [2.45, 2.75) is 18.9 Å². The number of carbonyl (C=O) groups excluding carboxylic acids is 2. The second kappa shape index (κ2) is 8.48. The third-order valence-corrected chi connectivity index (χ3v) is 4.60. The lowest BCUT2D eigenvalue weighted by Crippen LogP contribution is -2.33. The first-order valence-electron chi connectivity index (χ1n) is 8.18. The van der Waals surface area contributed by atoms with Crippen molar-refractivity contribution in [2.75, 3.05) is 25.0 Å². The number of amides is 2. The Morgan fingerprint density at radius 2 is 2.04 bits per heavy atom. The first kappa shape index (κ1) is 18.6. The highest BCUT2D eigenvalue weighted by molar-refractivity contribution is 6.35. The molecule has 0 radical (unpaired) electrons. The molecule has 2 aromatic rings. The summed E-state index contributed by atoms with van der Waals surface area (Å²) in [5.74, 6) is -0.884. The number of carbonyl (C=O) groups is 2. The van der Waals surface area contributed by atoms with Crippen LogP contribution in [0.4, 0.5) is 5.69 Å². The minimum Gasteiger partial charge on any atom is -0.342 e. The van der Waals surface area contributed by atoms with Gasteiger partial charge in [0, 0.05) is 5.02 Å². The first-order chi connectivity index (χ1) is 12.5. The van der Waals surface area contributed by atoms with Gasteiger partial charge in [-0.2, -0.15) is 0 Å². The number of aromatic nitrogens is 3. The molecule has 1 aromatic heterocycles. The molecule has 3 N–H and O–H groups in total.